The number of hydrogen-bond acceptors (Lipinski definition) is 7. The minimum atomic E-state index is -0.638. The van der Waals surface area contributed by atoms with Gasteiger partial charge in [-0.2, -0.15) is 0 Å². The number of methoxy groups -OCH3 is 1. The molecule has 0 bridgehead atoms. The maximum atomic E-state index is 12.9. The van der Waals surface area contributed by atoms with Gasteiger partial charge in [0.1, 0.15) is 18.2 Å². The third-order valence-electron chi connectivity index (χ3n) is 8.71. The highest BCUT2D eigenvalue weighted by Gasteiger charge is 2.38. The van der Waals surface area contributed by atoms with Crippen molar-refractivity contribution in [3.63, 3.8) is 0 Å². The lowest BCUT2D eigenvalue weighted by atomic mass is 9.97. The average Bonchev–Trinajstić information content (AvgIpc) is 3.92. The van der Waals surface area contributed by atoms with E-state index in [0.29, 0.717) is 31.9 Å². The van der Waals surface area contributed by atoms with Crippen molar-refractivity contribution in [1.29, 1.82) is 0 Å². The molecule has 4 N–H and O–H groups in total. The molecule has 5 rings (SSSR count). The molecule has 2 atom stereocenters. The molecule has 50 heavy (non-hydrogen) atoms. The van der Waals surface area contributed by atoms with Gasteiger partial charge in [-0.3, -0.25) is 14.4 Å². The molecule has 1 saturated heterocycles. The van der Waals surface area contributed by atoms with Crippen LogP contribution in [0.15, 0.2) is 60.9 Å². The molecule has 1 aliphatic heterocycles. The molecule has 0 aliphatic carbocycles. The molecular formula is C37H42N8O5. The molecule has 2 aromatic heterocycles. The number of carbonyl (C=O) groups excluding carboxylic acids is 4. The Morgan fingerprint density at radius 2 is 1.60 bits per heavy atom. The molecule has 0 radical (unpaired) electrons. The van der Waals surface area contributed by atoms with E-state index >= 15 is 0 Å². The number of hydrogen-bond donors (Lipinski definition) is 4. The van der Waals surface area contributed by atoms with Crippen LogP contribution in [0.5, 0.6) is 0 Å². The van der Waals surface area contributed by atoms with Crippen LogP contribution in [-0.2, 0) is 25.7 Å². The number of benzene rings is 2. The fourth-order valence-corrected chi connectivity index (χ4v) is 6.07. The van der Waals surface area contributed by atoms with Crippen LogP contribution in [0.3, 0.4) is 0 Å². The van der Waals surface area contributed by atoms with Gasteiger partial charge in [0.2, 0.25) is 18.2 Å². The van der Waals surface area contributed by atoms with Crippen LogP contribution in [0.25, 0.3) is 22.5 Å². The molecule has 13 nitrogen and oxygen atoms in total. The third kappa shape index (κ3) is 8.76. The molecular weight excluding hydrogens is 636 g/mol. The molecule has 13 heteroatoms. The Morgan fingerprint density at radius 1 is 0.960 bits per heavy atom. The largest absolute Gasteiger partial charge is 0.453 e. The lowest BCUT2D eigenvalue weighted by molar-refractivity contribution is -0.132. The van der Waals surface area contributed by atoms with E-state index in [1.54, 1.807) is 22.2 Å². The lowest BCUT2D eigenvalue weighted by Crippen LogP contribution is -2.40. The lowest BCUT2D eigenvalue weighted by Gasteiger charge is -2.26. The van der Waals surface area contributed by atoms with Crippen LogP contribution in [0.1, 0.15) is 61.9 Å². The van der Waals surface area contributed by atoms with Crippen LogP contribution < -0.4 is 10.6 Å². The number of rotatable bonds is 13. The Morgan fingerprint density at radius 3 is 2.20 bits per heavy atom. The number of nitrogens with one attached hydrogen (secondary N) is 4. The van der Waals surface area contributed by atoms with Gasteiger partial charge in [-0.1, -0.05) is 56.4 Å². The van der Waals surface area contributed by atoms with Crippen molar-refractivity contribution < 1.29 is 23.9 Å². The van der Waals surface area contributed by atoms with E-state index in [2.05, 4.69) is 54.1 Å². The summed E-state index contributed by atoms with van der Waals surface area (Å²) in [5, 5.41) is 4.90. The molecule has 0 saturated carbocycles. The van der Waals surface area contributed by atoms with Gasteiger partial charge in [-0.05, 0) is 54.2 Å². The normalized spacial score (nSPS) is 15.1. The Kier molecular flexibility index (Phi) is 12.0. The van der Waals surface area contributed by atoms with Crippen LogP contribution >= 0.6 is 0 Å². The average molecular weight is 679 g/mol. The van der Waals surface area contributed by atoms with E-state index in [1.165, 1.54) is 7.11 Å². The third-order valence-corrected chi connectivity index (χ3v) is 8.71. The Hall–Kier alpha value is -5.90. The van der Waals surface area contributed by atoms with Gasteiger partial charge in [0.15, 0.2) is 0 Å². The maximum absolute atomic E-state index is 12.9. The van der Waals surface area contributed by atoms with E-state index in [4.69, 9.17) is 0 Å². The number of aromatic nitrogens is 4. The Balaban J connectivity index is 1.20. The van der Waals surface area contributed by atoms with Gasteiger partial charge in [0.05, 0.1) is 50.0 Å². The molecule has 260 valence electrons. The quantitative estimate of drug-likeness (QED) is 0.123. The summed E-state index contributed by atoms with van der Waals surface area (Å²) in [6.07, 6.45) is 5.98. The van der Waals surface area contributed by atoms with Crippen LogP contribution in [0, 0.1) is 17.8 Å². The number of imidazole rings is 2. The highest BCUT2D eigenvalue weighted by molar-refractivity contribution is 5.83. The fraction of sp³-hybridized carbons (Fsp3) is 0.351. The summed E-state index contributed by atoms with van der Waals surface area (Å²) in [5.41, 5.74) is 5.30. The zero-order valence-corrected chi connectivity index (χ0v) is 28.5. The predicted molar refractivity (Wildman–Crippen MR) is 187 cm³/mol. The summed E-state index contributed by atoms with van der Waals surface area (Å²) < 4.78 is 4.60. The highest BCUT2D eigenvalue weighted by Crippen LogP contribution is 2.38. The van der Waals surface area contributed by atoms with Gasteiger partial charge in [-0.25, -0.2) is 14.8 Å². The Bertz CT molecular complexity index is 1840. The van der Waals surface area contributed by atoms with Crippen LogP contribution in [-0.4, -0.2) is 87.3 Å². The van der Waals surface area contributed by atoms with Crippen molar-refractivity contribution in [2.24, 2.45) is 5.92 Å². The number of amides is 4. The number of H-pyrrole nitrogens is 2. The first kappa shape index (κ1) is 35.4. The van der Waals surface area contributed by atoms with Crippen molar-refractivity contribution in [1.82, 2.24) is 40.4 Å². The number of ether oxygens (including phenoxy) is 1. The minimum Gasteiger partial charge on any atom is -0.453 e. The van der Waals surface area contributed by atoms with Crippen LogP contribution in [0.4, 0.5) is 4.79 Å². The molecule has 1 unspecified atom stereocenters. The van der Waals surface area contributed by atoms with E-state index in [0.717, 1.165) is 58.7 Å². The fourth-order valence-electron chi connectivity index (χ4n) is 6.07. The highest BCUT2D eigenvalue weighted by atomic mass is 16.5. The van der Waals surface area contributed by atoms with E-state index in [-0.39, 0.29) is 36.9 Å². The van der Waals surface area contributed by atoms with E-state index < -0.39 is 6.09 Å². The molecule has 1 fully saturated rings. The zero-order chi connectivity index (χ0) is 35.5. The van der Waals surface area contributed by atoms with Crippen molar-refractivity contribution >= 4 is 24.3 Å². The zero-order valence-electron chi connectivity index (χ0n) is 28.5. The first-order valence-corrected chi connectivity index (χ1v) is 16.7. The summed E-state index contributed by atoms with van der Waals surface area (Å²) >= 11 is 0. The van der Waals surface area contributed by atoms with Crippen molar-refractivity contribution in [2.75, 3.05) is 33.3 Å². The van der Waals surface area contributed by atoms with E-state index in [1.807, 2.05) is 55.5 Å². The first-order valence-electron chi connectivity index (χ1n) is 16.7. The number of carbonyl (C=O) groups is 4. The summed E-state index contributed by atoms with van der Waals surface area (Å²) in [5.74, 6) is 7.76. The molecule has 3 heterocycles. The van der Waals surface area contributed by atoms with Gasteiger partial charge < -0.3 is 35.1 Å². The molecule has 4 amide bonds. The number of likely N-dealkylation sites (tertiary alicyclic amines) is 1. The summed E-state index contributed by atoms with van der Waals surface area (Å²) in [7, 11) is 1.27. The monoisotopic (exact) mass is 678 g/mol. The second-order valence-electron chi connectivity index (χ2n) is 12.0. The second-order valence-corrected chi connectivity index (χ2v) is 12.0. The van der Waals surface area contributed by atoms with Gasteiger partial charge in [-0.15, -0.1) is 0 Å². The van der Waals surface area contributed by atoms with Gasteiger partial charge >= 0.3 is 6.09 Å². The number of aromatic amines is 2. The molecule has 4 aromatic rings. The second kappa shape index (κ2) is 17.0. The van der Waals surface area contributed by atoms with Gasteiger partial charge in [0.25, 0.3) is 0 Å². The number of nitrogens with zero attached hydrogens (tertiary/aromatic N) is 4. The molecule has 0 spiro atoms. The Labute approximate surface area is 291 Å². The van der Waals surface area contributed by atoms with E-state index in [9.17, 15) is 19.2 Å². The number of alkyl carbamates (subject to hydrolysis) is 1. The summed E-state index contributed by atoms with van der Waals surface area (Å²) in [6, 6.07) is 15.6. The maximum Gasteiger partial charge on any atom is 0.407 e. The smallest absolute Gasteiger partial charge is 0.407 e. The first-order chi connectivity index (χ1) is 24.3. The SMILES string of the molecule is CCCN(Cc1ncc(-c2ccc(C#Cc3ccc(-c4cnc(C5[C@H](CC)CCN5C(=O)CNC(=O)OC)[nH]4)cc3)cc2)[nH]1)C(=O)CNC=O. The topological polar surface area (TPSA) is 165 Å². The van der Waals surface area contributed by atoms with Crippen LogP contribution in [0.2, 0.25) is 0 Å². The molecule has 2 aromatic carbocycles. The van der Waals surface area contributed by atoms with Crippen molar-refractivity contribution in [2.45, 2.75) is 45.7 Å². The summed E-state index contributed by atoms with van der Waals surface area (Å²) in [6.45, 7) is 5.43. The standard InChI is InChI=1S/C37H42N8O5/c1-4-17-44(33(47)21-38-24-46)23-32-39-19-30(42-32)28-12-8-25(9-13-28)6-7-26-10-14-29(15-11-26)31-20-40-36(43-31)35-27(5-2)16-18-45(35)34(48)22-41-37(49)50-3/h8-15,19-20,24,27,35H,4-5,16-18,21-23H2,1-3H3,(H,38,46)(H,39,42)(H,40,43)(H,41,49)/t27-,35?/m1/s1. The minimum absolute atomic E-state index is 0.0429. The van der Waals surface area contributed by atoms with Crippen molar-refractivity contribution in [3.05, 3.63) is 83.7 Å². The summed E-state index contributed by atoms with van der Waals surface area (Å²) in [4.78, 5) is 66.7. The van der Waals surface area contributed by atoms with Gasteiger partial charge in [0, 0.05) is 24.2 Å². The molecule has 1 aliphatic rings. The van der Waals surface area contributed by atoms with Crippen molar-refractivity contribution in [3.8, 4) is 34.4 Å². The predicted octanol–water partition coefficient (Wildman–Crippen LogP) is 4.01.